The van der Waals surface area contributed by atoms with Crippen LogP contribution in [0.3, 0.4) is 0 Å². The summed E-state index contributed by atoms with van der Waals surface area (Å²) < 4.78 is 84.8. The molecule has 0 radical (unpaired) electrons. The molecular formula is C7H3BF7LiO3. The molecule has 0 aliphatic heterocycles. The van der Waals surface area contributed by atoms with Gasteiger partial charge < -0.3 is 15.1 Å². The van der Waals surface area contributed by atoms with Crippen molar-refractivity contribution in [1.29, 1.82) is 0 Å². The van der Waals surface area contributed by atoms with Crippen molar-refractivity contribution in [2.45, 2.75) is 6.18 Å². The van der Waals surface area contributed by atoms with Gasteiger partial charge in [0, 0.05) is 17.2 Å². The fraction of sp³-hybridized carbons (Fsp3) is 0.143. The molecule has 1 aromatic carbocycles. The third-order valence-corrected chi connectivity index (χ3v) is 1.33. The van der Waals surface area contributed by atoms with Gasteiger partial charge >= 0.3 is 32.4 Å². The van der Waals surface area contributed by atoms with Crippen LogP contribution in [0.2, 0.25) is 0 Å². The molecule has 0 heterocycles. The first-order valence-electron chi connectivity index (χ1n) is 3.85. The summed E-state index contributed by atoms with van der Waals surface area (Å²) in [6.07, 6.45) is -5.50. The normalized spacial score (nSPS) is 10.2. The summed E-state index contributed by atoms with van der Waals surface area (Å²) in [4.78, 5) is 0. The minimum absolute atomic E-state index is 0. The molecule has 102 valence electrons. The minimum atomic E-state index is -5.50. The van der Waals surface area contributed by atoms with E-state index in [9.17, 15) is 30.7 Å². The molecule has 0 saturated carbocycles. The van der Waals surface area contributed by atoms with Crippen molar-refractivity contribution in [2.24, 2.45) is 0 Å². The molecular weight excluding hydrogens is 283 g/mol. The molecule has 19 heavy (non-hydrogen) atoms. The molecule has 0 amide bonds. The predicted molar refractivity (Wildman–Crippen MR) is 42.5 cm³/mol. The van der Waals surface area contributed by atoms with Crippen molar-refractivity contribution >= 4 is 7.32 Å². The minimum Gasteiger partial charge on any atom is -0.402 e. The second-order valence-corrected chi connectivity index (χ2v) is 2.60. The van der Waals surface area contributed by atoms with Gasteiger partial charge in [0.05, 0.1) is 11.6 Å². The fourth-order valence-electron chi connectivity index (χ4n) is 0.771. The zero-order valence-electron chi connectivity index (χ0n) is 9.06. The first kappa shape index (κ1) is 20.6. The maximum Gasteiger partial charge on any atom is 1.00 e. The summed E-state index contributed by atoms with van der Waals surface area (Å²) in [7, 11) is -2.17. The molecule has 1 aromatic rings. The van der Waals surface area contributed by atoms with Crippen LogP contribution in [0.25, 0.3) is 0 Å². The van der Waals surface area contributed by atoms with Crippen LogP contribution in [0.15, 0.2) is 0 Å². The van der Waals surface area contributed by atoms with Gasteiger partial charge in [0.1, 0.15) is 0 Å². The molecule has 0 aromatic heterocycles. The number of halogens is 7. The van der Waals surface area contributed by atoms with Gasteiger partial charge in [-0.25, -0.2) is 8.78 Å². The Balaban J connectivity index is 0. The van der Waals surface area contributed by atoms with Crippen molar-refractivity contribution in [3.63, 3.8) is 0 Å². The van der Waals surface area contributed by atoms with Crippen molar-refractivity contribution in [1.82, 2.24) is 0 Å². The summed E-state index contributed by atoms with van der Waals surface area (Å²) in [5, 5.41) is 21.5. The molecule has 0 aliphatic rings. The topological polar surface area (TPSA) is 60.7 Å². The van der Waals surface area contributed by atoms with E-state index in [4.69, 9.17) is 15.1 Å². The summed E-state index contributed by atoms with van der Waals surface area (Å²) in [5.74, 6) is -9.43. The Labute approximate surface area is 114 Å². The third kappa shape index (κ3) is 6.31. The predicted octanol–water partition coefficient (Wildman–Crippen LogP) is -1.99. The average Bonchev–Trinajstić information content (AvgIpc) is 2.12. The monoisotopic (exact) mass is 286 g/mol. The summed E-state index contributed by atoms with van der Waals surface area (Å²) in [6.45, 7) is 0. The Bertz CT molecular complexity index is 397. The van der Waals surface area contributed by atoms with Crippen molar-refractivity contribution in [2.75, 3.05) is 0 Å². The Hall–Kier alpha value is -0.728. The number of rotatable bonds is 0. The molecule has 0 saturated heterocycles. The van der Waals surface area contributed by atoms with E-state index in [0.29, 0.717) is 0 Å². The van der Waals surface area contributed by atoms with Gasteiger partial charge in [-0.2, -0.15) is 13.2 Å². The Morgan fingerprint density at radius 3 is 1.32 bits per heavy atom. The summed E-state index contributed by atoms with van der Waals surface area (Å²) in [5.41, 5.74) is -2.59. The molecule has 3 nitrogen and oxygen atoms in total. The van der Waals surface area contributed by atoms with E-state index in [2.05, 4.69) is 0 Å². The fourth-order valence-corrected chi connectivity index (χ4v) is 0.771. The van der Waals surface area contributed by atoms with E-state index in [1.165, 1.54) is 0 Å². The van der Waals surface area contributed by atoms with Crippen LogP contribution in [0.4, 0.5) is 30.7 Å². The van der Waals surface area contributed by atoms with Crippen LogP contribution in [-0.4, -0.2) is 22.4 Å². The summed E-state index contributed by atoms with van der Waals surface area (Å²) >= 11 is 0. The largest absolute Gasteiger partial charge is 1.00 e. The van der Waals surface area contributed by atoms with Crippen molar-refractivity contribution in [3.8, 4) is 0 Å². The van der Waals surface area contributed by atoms with Crippen LogP contribution in [0.5, 0.6) is 0 Å². The van der Waals surface area contributed by atoms with E-state index in [-0.39, 0.29) is 18.9 Å². The molecule has 12 heteroatoms. The second kappa shape index (κ2) is 7.76. The molecule has 0 bridgehead atoms. The zero-order chi connectivity index (χ0) is 14.7. The standard InChI is InChI=1S/C7F7.BH3O3.Li/c8-2-1-3(9)6(11)4(5(2)10)7(12,13)14;2-1(3)4;/h;2-4H;/q-1;;+1. The van der Waals surface area contributed by atoms with E-state index >= 15 is 0 Å². The third-order valence-electron chi connectivity index (χ3n) is 1.33. The second-order valence-electron chi connectivity index (χ2n) is 2.60. The molecule has 0 atom stereocenters. The van der Waals surface area contributed by atoms with E-state index in [1.54, 1.807) is 0 Å². The van der Waals surface area contributed by atoms with E-state index in [0.717, 1.165) is 6.07 Å². The van der Waals surface area contributed by atoms with Crippen LogP contribution >= 0.6 is 0 Å². The Morgan fingerprint density at radius 1 is 0.842 bits per heavy atom. The first-order valence-corrected chi connectivity index (χ1v) is 3.85. The van der Waals surface area contributed by atoms with Gasteiger partial charge in [-0.15, -0.1) is 6.07 Å². The van der Waals surface area contributed by atoms with Crippen LogP contribution in [0.1, 0.15) is 5.56 Å². The summed E-state index contributed by atoms with van der Waals surface area (Å²) in [6, 6.07) is 0.836. The molecule has 3 N–H and O–H groups in total. The van der Waals surface area contributed by atoms with Gasteiger partial charge in [0.15, 0.2) is 0 Å². The maximum absolute atomic E-state index is 12.4. The van der Waals surface area contributed by atoms with Gasteiger partial charge in [-0.3, -0.25) is 8.78 Å². The quantitative estimate of drug-likeness (QED) is 0.224. The number of hydrogen-bond donors (Lipinski definition) is 3. The maximum atomic E-state index is 12.4. The molecule has 0 fully saturated rings. The smallest absolute Gasteiger partial charge is 0.402 e. The Morgan fingerprint density at radius 2 is 1.11 bits per heavy atom. The number of hydrogen-bond acceptors (Lipinski definition) is 3. The van der Waals surface area contributed by atoms with Gasteiger partial charge in [-0.1, -0.05) is 0 Å². The van der Waals surface area contributed by atoms with E-state index in [1.807, 2.05) is 0 Å². The van der Waals surface area contributed by atoms with Gasteiger partial charge in [0.2, 0.25) is 0 Å². The average molecular weight is 286 g/mol. The molecule has 0 aliphatic carbocycles. The van der Waals surface area contributed by atoms with E-state index < -0.39 is 42.3 Å². The molecule has 1 rings (SSSR count). The molecule has 0 spiro atoms. The van der Waals surface area contributed by atoms with Crippen LogP contribution < -0.4 is 18.9 Å². The van der Waals surface area contributed by atoms with Crippen molar-refractivity contribution in [3.05, 3.63) is 34.9 Å². The van der Waals surface area contributed by atoms with Crippen LogP contribution in [-0.2, 0) is 6.18 Å². The SMILES string of the molecule is Fc1[c-]c(F)c(F)c(C(F)(F)F)c1F.OB(O)O.[Li+]. The number of benzene rings is 1. The van der Waals surface area contributed by atoms with Gasteiger partial charge in [-0.05, 0) is 0 Å². The Kier molecular flexibility index (Phi) is 8.41. The van der Waals surface area contributed by atoms with Crippen molar-refractivity contribution < 1.29 is 64.7 Å². The van der Waals surface area contributed by atoms with Crippen LogP contribution in [0, 0.1) is 29.3 Å². The zero-order valence-corrected chi connectivity index (χ0v) is 9.06. The first-order chi connectivity index (χ1) is 7.98. The van der Waals surface area contributed by atoms with Gasteiger partial charge in [0.25, 0.3) is 0 Å². The number of alkyl halides is 3. The molecule has 0 unspecified atom stereocenters.